The lowest BCUT2D eigenvalue weighted by atomic mass is 10.1. The molecule has 0 spiro atoms. The van der Waals surface area contributed by atoms with Crippen molar-refractivity contribution in [2.24, 2.45) is 0 Å². The van der Waals surface area contributed by atoms with Gasteiger partial charge in [-0.3, -0.25) is 14.9 Å². The number of rotatable bonds is 5. The molecule has 25 heavy (non-hydrogen) atoms. The zero-order chi connectivity index (χ0) is 18.0. The van der Waals surface area contributed by atoms with Crippen molar-refractivity contribution in [3.05, 3.63) is 70.0 Å². The number of furan rings is 1. The molecule has 3 rings (SSSR count). The van der Waals surface area contributed by atoms with E-state index < -0.39 is 4.92 Å². The number of hydrogen-bond acceptors (Lipinski definition) is 5. The van der Waals surface area contributed by atoms with Gasteiger partial charge in [0, 0.05) is 31.6 Å². The number of fused-ring (bicyclic) bond motifs is 1. The number of carbonyl (C=O) groups excluding carboxylic acids is 1. The maximum atomic E-state index is 12.1. The molecule has 0 saturated heterocycles. The fourth-order valence-corrected chi connectivity index (χ4v) is 2.72. The van der Waals surface area contributed by atoms with Crippen molar-refractivity contribution in [1.29, 1.82) is 0 Å². The average molecular weight is 339 g/mol. The number of nitrogens with zero attached hydrogens (tertiary/aromatic N) is 2. The van der Waals surface area contributed by atoms with Crippen molar-refractivity contribution in [2.45, 2.75) is 6.54 Å². The summed E-state index contributed by atoms with van der Waals surface area (Å²) in [6.07, 6.45) is 0. The fourth-order valence-electron chi connectivity index (χ4n) is 2.72. The molecule has 0 aliphatic carbocycles. The Morgan fingerprint density at radius 3 is 2.68 bits per heavy atom. The van der Waals surface area contributed by atoms with Crippen LogP contribution in [0.2, 0.25) is 0 Å². The third kappa shape index (κ3) is 3.30. The van der Waals surface area contributed by atoms with Crippen molar-refractivity contribution in [1.82, 2.24) is 5.32 Å². The standard InChI is InChI=1S/C18H17N3O4/c1-19-18(22)15-10-13(21(23)24)7-8-16(15)20(2)11-14-9-12-5-3-4-6-17(12)25-14/h3-10H,11H2,1-2H3,(H,19,22). The molecule has 0 radical (unpaired) electrons. The van der Waals surface area contributed by atoms with Gasteiger partial charge in [0.1, 0.15) is 11.3 Å². The molecule has 3 aromatic rings. The number of para-hydroxylation sites is 1. The lowest BCUT2D eigenvalue weighted by molar-refractivity contribution is -0.384. The Morgan fingerprint density at radius 2 is 2.00 bits per heavy atom. The molecule has 1 N–H and O–H groups in total. The van der Waals surface area contributed by atoms with Crippen LogP contribution in [-0.2, 0) is 6.54 Å². The van der Waals surface area contributed by atoms with Crippen molar-refractivity contribution in [3.8, 4) is 0 Å². The summed E-state index contributed by atoms with van der Waals surface area (Å²) in [4.78, 5) is 24.4. The Morgan fingerprint density at radius 1 is 1.24 bits per heavy atom. The molecule has 0 fully saturated rings. The minimum absolute atomic E-state index is 0.125. The van der Waals surface area contributed by atoms with E-state index in [0.717, 1.165) is 16.7 Å². The van der Waals surface area contributed by atoms with E-state index in [4.69, 9.17) is 4.42 Å². The topological polar surface area (TPSA) is 88.6 Å². The fraction of sp³-hybridized carbons (Fsp3) is 0.167. The predicted molar refractivity (Wildman–Crippen MR) is 94.8 cm³/mol. The smallest absolute Gasteiger partial charge is 0.270 e. The van der Waals surface area contributed by atoms with E-state index in [1.54, 1.807) is 13.1 Å². The second-order valence-electron chi connectivity index (χ2n) is 5.64. The van der Waals surface area contributed by atoms with Gasteiger partial charge in [-0.2, -0.15) is 0 Å². The molecule has 0 saturated carbocycles. The van der Waals surface area contributed by atoms with Crippen LogP contribution in [-0.4, -0.2) is 24.9 Å². The molecule has 0 aliphatic rings. The number of amides is 1. The number of benzene rings is 2. The summed E-state index contributed by atoms with van der Waals surface area (Å²) in [5.74, 6) is 0.361. The van der Waals surface area contributed by atoms with Gasteiger partial charge >= 0.3 is 0 Å². The Hall–Kier alpha value is -3.35. The van der Waals surface area contributed by atoms with Gasteiger partial charge in [-0.1, -0.05) is 18.2 Å². The van der Waals surface area contributed by atoms with Gasteiger partial charge in [0.25, 0.3) is 11.6 Å². The molecule has 1 heterocycles. The molecule has 7 heteroatoms. The van der Waals surface area contributed by atoms with E-state index in [1.165, 1.54) is 19.2 Å². The summed E-state index contributed by atoms with van der Waals surface area (Å²) in [5.41, 5.74) is 1.50. The van der Waals surface area contributed by atoms with E-state index in [0.29, 0.717) is 12.2 Å². The molecule has 0 atom stereocenters. The largest absolute Gasteiger partial charge is 0.459 e. The first-order chi connectivity index (χ1) is 12.0. The van der Waals surface area contributed by atoms with Crippen LogP contribution in [0.3, 0.4) is 0 Å². The molecule has 0 aliphatic heterocycles. The lowest BCUT2D eigenvalue weighted by Gasteiger charge is -2.20. The van der Waals surface area contributed by atoms with Crippen LogP contribution in [0.25, 0.3) is 11.0 Å². The van der Waals surface area contributed by atoms with Crippen LogP contribution in [0.5, 0.6) is 0 Å². The second-order valence-corrected chi connectivity index (χ2v) is 5.64. The third-order valence-electron chi connectivity index (χ3n) is 3.94. The van der Waals surface area contributed by atoms with Gasteiger partial charge in [-0.25, -0.2) is 0 Å². The molecular formula is C18H17N3O4. The van der Waals surface area contributed by atoms with E-state index in [-0.39, 0.29) is 17.2 Å². The molecule has 1 aromatic heterocycles. The highest BCUT2D eigenvalue weighted by Gasteiger charge is 2.19. The average Bonchev–Trinajstić information content (AvgIpc) is 3.02. The molecule has 7 nitrogen and oxygen atoms in total. The highest BCUT2D eigenvalue weighted by atomic mass is 16.6. The van der Waals surface area contributed by atoms with Crippen LogP contribution in [0.15, 0.2) is 52.9 Å². The molecule has 2 aromatic carbocycles. The van der Waals surface area contributed by atoms with Crippen LogP contribution in [0, 0.1) is 10.1 Å². The zero-order valence-electron chi connectivity index (χ0n) is 13.9. The Bertz CT molecular complexity index is 915. The summed E-state index contributed by atoms with van der Waals surface area (Å²) in [7, 11) is 3.30. The van der Waals surface area contributed by atoms with Crippen LogP contribution < -0.4 is 10.2 Å². The predicted octanol–water partition coefficient (Wildman–Crippen LogP) is 3.34. The highest BCUT2D eigenvalue weighted by Crippen LogP contribution is 2.27. The van der Waals surface area contributed by atoms with Gasteiger partial charge in [0.05, 0.1) is 22.7 Å². The minimum atomic E-state index is -0.518. The van der Waals surface area contributed by atoms with Gasteiger partial charge in [0.15, 0.2) is 0 Å². The van der Waals surface area contributed by atoms with Gasteiger partial charge in [-0.15, -0.1) is 0 Å². The molecule has 1 amide bonds. The summed E-state index contributed by atoms with van der Waals surface area (Å²) >= 11 is 0. The van der Waals surface area contributed by atoms with Crippen molar-refractivity contribution >= 4 is 28.3 Å². The van der Waals surface area contributed by atoms with Gasteiger partial charge < -0.3 is 14.6 Å². The molecule has 128 valence electrons. The number of nitro groups is 1. The van der Waals surface area contributed by atoms with Crippen molar-refractivity contribution in [2.75, 3.05) is 19.0 Å². The Balaban J connectivity index is 1.93. The van der Waals surface area contributed by atoms with E-state index in [1.807, 2.05) is 35.2 Å². The Labute approximate surface area is 144 Å². The molecule has 0 unspecified atom stereocenters. The Kier molecular flexibility index (Phi) is 4.38. The third-order valence-corrected chi connectivity index (χ3v) is 3.94. The monoisotopic (exact) mass is 339 g/mol. The summed E-state index contributed by atoms with van der Waals surface area (Å²) in [5, 5.41) is 14.5. The number of carbonyl (C=O) groups is 1. The van der Waals surface area contributed by atoms with Crippen molar-refractivity contribution in [3.63, 3.8) is 0 Å². The number of non-ortho nitro benzene ring substituents is 1. The van der Waals surface area contributed by atoms with Crippen LogP contribution in [0.1, 0.15) is 16.1 Å². The lowest BCUT2D eigenvalue weighted by Crippen LogP contribution is -2.24. The normalized spacial score (nSPS) is 10.6. The van der Waals surface area contributed by atoms with E-state index >= 15 is 0 Å². The van der Waals surface area contributed by atoms with Crippen LogP contribution in [0.4, 0.5) is 11.4 Å². The highest BCUT2D eigenvalue weighted by molar-refractivity contribution is 6.00. The zero-order valence-corrected chi connectivity index (χ0v) is 13.9. The number of nitrogens with one attached hydrogen (secondary N) is 1. The quantitative estimate of drug-likeness (QED) is 0.569. The summed E-state index contributed by atoms with van der Waals surface area (Å²) in [6, 6.07) is 13.9. The van der Waals surface area contributed by atoms with Crippen molar-refractivity contribution < 1.29 is 14.1 Å². The maximum Gasteiger partial charge on any atom is 0.270 e. The number of anilines is 1. The minimum Gasteiger partial charge on any atom is -0.459 e. The molecular weight excluding hydrogens is 322 g/mol. The van der Waals surface area contributed by atoms with Gasteiger partial charge in [0.2, 0.25) is 0 Å². The first kappa shape index (κ1) is 16.5. The van der Waals surface area contributed by atoms with E-state index in [9.17, 15) is 14.9 Å². The van der Waals surface area contributed by atoms with Crippen LogP contribution >= 0.6 is 0 Å². The summed E-state index contributed by atoms with van der Waals surface area (Å²) in [6.45, 7) is 0.427. The molecule has 0 bridgehead atoms. The second kappa shape index (κ2) is 6.64. The number of hydrogen-bond donors (Lipinski definition) is 1. The van der Waals surface area contributed by atoms with Gasteiger partial charge in [-0.05, 0) is 18.2 Å². The maximum absolute atomic E-state index is 12.1. The number of nitro benzene ring substituents is 1. The summed E-state index contributed by atoms with van der Waals surface area (Å²) < 4.78 is 5.80. The first-order valence-corrected chi connectivity index (χ1v) is 7.68. The first-order valence-electron chi connectivity index (χ1n) is 7.68. The SMILES string of the molecule is CNC(=O)c1cc([N+](=O)[O-])ccc1N(C)Cc1cc2ccccc2o1. The van der Waals surface area contributed by atoms with E-state index in [2.05, 4.69) is 5.32 Å².